The van der Waals surface area contributed by atoms with Gasteiger partial charge in [-0.3, -0.25) is 9.59 Å². The summed E-state index contributed by atoms with van der Waals surface area (Å²) in [6.07, 6.45) is 0.552. The van der Waals surface area contributed by atoms with Crippen molar-refractivity contribution in [2.75, 3.05) is 0 Å². The van der Waals surface area contributed by atoms with Crippen LogP contribution in [0.2, 0.25) is 0 Å². The molecule has 0 N–H and O–H groups in total. The van der Waals surface area contributed by atoms with E-state index in [2.05, 4.69) is 0 Å². The van der Waals surface area contributed by atoms with Gasteiger partial charge in [0.1, 0.15) is 12.2 Å². The van der Waals surface area contributed by atoms with Gasteiger partial charge >= 0.3 is 11.9 Å². The lowest BCUT2D eigenvalue weighted by atomic mass is 9.83. The Morgan fingerprint density at radius 2 is 1.59 bits per heavy atom. The first kappa shape index (κ1) is 14.0. The minimum atomic E-state index is -0.646. The van der Waals surface area contributed by atoms with Crippen LogP contribution in [0.3, 0.4) is 0 Å². The summed E-state index contributed by atoms with van der Waals surface area (Å²) < 4.78 is 10.7. The summed E-state index contributed by atoms with van der Waals surface area (Å²) in [6.45, 7) is 9.04. The Labute approximate surface area is 103 Å². The standard InChI is InChI=1S/C13H22O4/c1-8-7-13(4,5)12(15)17-10(3)6-9(2)16-11(8)14/h8-10H,6-7H2,1-5H3/t8-,9+,10+/m0/s1. The molecule has 1 saturated heterocycles. The Morgan fingerprint density at radius 3 is 2.18 bits per heavy atom. The third-order valence-electron chi connectivity index (χ3n) is 3.06. The number of carbonyl (C=O) groups excluding carboxylic acids is 2. The van der Waals surface area contributed by atoms with Gasteiger partial charge in [0.05, 0.1) is 11.3 Å². The fraction of sp³-hybridized carbons (Fsp3) is 0.846. The van der Waals surface area contributed by atoms with Crippen molar-refractivity contribution in [2.45, 2.75) is 59.7 Å². The van der Waals surface area contributed by atoms with Crippen molar-refractivity contribution >= 4 is 11.9 Å². The van der Waals surface area contributed by atoms with Crippen molar-refractivity contribution in [3.63, 3.8) is 0 Å². The molecule has 0 radical (unpaired) electrons. The van der Waals surface area contributed by atoms with Crippen molar-refractivity contribution in [3.8, 4) is 0 Å². The van der Waals surface area contributed by atoms with Crippen LogP contribution in [-0.2, 0) is 19.1 Å². The van der Waals surface area contributed by atoms with Crippen LogP contribution in [0, 0.1) is 11.3 Å². The Morgan fingerprint density at radius 1 is 1.06 bits per heavy atom. The molecule has 98 valence electrons. The quantitative estimate of drug-likeness (QED) is 0.612. The highest BCUT2D eigenvalue weighted by atomic mass is 16.6. The minimum absolute atomic E-state index is 0.214. The Hall–Kier alpha value is -1.06. The van der Waals surface area contributed by atoms with E-state index in [0.717, 1.165) is 0 Å². The molecule has 0 amide bonds. The summed E-state index contributed by atoms with van der Waals surface area (Å²) in [4.78, 5) is 23.7. The van der Waals surface area contributed by atoms with Crippen LogP contribution in [0.15, 0.2) is 0 Å². The number of hydrogen-bond donors (Lipinski definition) is 0. The predicted molar refractivity (Wildman–Crippen MR) is 63.3 cm³/mol. The smallest absolute Gasteiger partial charge is 0.311 e. The normalized spacial score (nSPS) is 34.8. The van der Waals surface area contributed by atoms with Crippen molar-refractivity contribution in [1.82, 2.24) is 0 Å². The van der Waals surface area contributed by atoms with Crippen LogP contribution in [0.5, 0.6) is 0 Å². The monoisotopic (exact) mass is 242 g/mol. The van der Waals surface area contributed by atoms with Crippen LogP contribution < -0.4 is 0 Å². The molecule has 3 atom stereocenters. The van der Waals surface area contributed by atoms with E-state index in [1.165, 1.54) is 0 Å². The largest absolute Gasteiger partial charge is 0.462 e. The van der Waals surface area contributed by atoms with Gasteiger partial charge in [0.15, 0.2) is 0 Å². The molecule has 0 aromatic rings. The molecule has 0 aliphatic carbocycles. The zero-order valence-electron chi connectivity index (χ0n) is 11.3. The average Bonchev–Trinajstić information content (AvgIpc) is 2.14. The second-order valence-electron chi connectivity index (χ2n) is 5.69. The summed E-state index contributed by atoms with van der Waals surface area (Å²) >= 11 is 0. The SMILES string of the molecule is C[C@@H]1C[C@@H](C)OC(=O)C(C)(C)C[C@H](C)C(=O)O1. The van der Waals surface area contributed by atoms with Crippen LogP contribution >= 0.6 is 0 Å². The second kappa shape index (κ2) is 5.07. The van der Waals surface area contributed by atoms with Gasteiger partial charge in [-0.1, -0.05) is 6.92 Å². The van der Waals surface area contributed by atoms with E-state index in [9.17, 15) is 9.59 Å². The number of carbonyl (C=O) groups is 2. The number of cyclic esters (lactones) is 2. The molecule has 1 aliphatic heterocycles. The number of hydrogen-bond acceptors (Lipinski definition) is 4. The molecule has 0 aromatic carbocycles. The van der Waals surface area contributed by atoms with Crippen LogP contribution in [0.25, 0.3) is 0 Å². The molecule has 0 bridgehead atoms. The van der Waals surface area contributed by atoms with E-state index < -0.39 is 5.41 Å². The molecule has 4 nitrogen and oxygen atoms in total. The maximum atomic E-state index is 11.9. The van der Waals surface area contributed by atoms with Crippen LogP contribution in [0.4, 0.5) is 0 Å². The maximum Gasteiger partial charge on any atom is 0.311 e. The summed E-state index contributed by atoms with van der Waals surface area (Å²) in [5.74, 6) is -0.750. The van der Waals surface area contributed by atoms with Gasteiger partial charge in [0, 0.05) is 6.42 Å². The van der Waals surface area contributed by atoms with Crippen molar-refractivity contribution in [2.24, 2.45) is 11.3 Å². The average molecular weight is 242 g/mol. The molecular weight excluding hydrogens is 220 g/mol. The zero-order valence-corrected chi connectivity index (χ0v) is 11.3. The number of esters is 2. The topological polar surface area (TPSA) is 52.6 Å². The summed E-state index contributed by atoms with van der Waals surface area (Å²) in [7, 11) is 0. The summed E-state index contributed by atoms with van der Waals surface area (Å²) in [5, 5.41) is 0. The maximum absolute atomic E-state index is 11.9. The Bertz CT molecular complexity index is 309. The van der Waals surface area contributed by atoms with Crippen LogP contribution in [-0.4, -0.2) is 24.1 Å². The molecule has 1 rings (SSSR count). The molecule has 0 aromatic heterocycles. The fourth-order valence-electron chi connectivity index (χ4n) is 2.15. The first-order chi connectivity index (χ1) is 7.72. The zero-order chi connectivity index (χ0) is 13.2. The van der Waals surface area contributed by atoms with Crippen LogP contribution in [0.1, 0.15) is 47.5 Å². The molecule has 4 heteroatoms. The molecule has 0 unspecified atom stereocenters. The third-order valence-corrected chi connectivity index (χ3v) is 3.06. The first-order valence-electron chi connectivity index (χ1n) is 6.14. The second-order valence-corrected chi connectivity index (χ2v) is 5.69. The lowest BCUT2D eigenvalue weighted by Gasteiger charge is -2.30. The third kappa shape index (κ3) is 3.72. The van der Waals surface area contributed by atoms with Gasteiger partial charge in [-0.05, 0) is 34.1 Å². The molecule has 17 heavy (non-hydrogen) atoms. The molecule has 1 fully saturated rings. The van der Waals surface area contributed by atoms with Gasteiger partial charge in [0.2, 0.25) is 0 Å². The van der Waals surface area contributed by atoms with Gasteiger partial charge < -0.3 is 9.47 Å². The van der Waals surface area contributed by atoms with Gasteiger partial charge in [-0.25, -0.2) is 0 Å². The Kier molecular flexibility index (Phi) is 4.17. The van der Waals surface area contributed by atoms with E-state index in [4.69, 9.17) is 9.47 Å². The lowest BCUT2D eigenvalue weighted by molar-refractivity contribution is -0.168. The summed E-state index contributed by atoms with van der Waals surface area (Å²) in [6, 6.07) is 0. The number of rotatable bonds is 0. The highest BCUT2D eigenvalue weighted by Crippen LogP contribution is 2.30. The number of ether oxygens (including phenoxy) is 2. The van der Waals surface area contributed by atoms with E-state index in [1.807, 2.05) is 13.8 Å². The van der Waals surface area contributed by atoms with Gasteiger partial charge in [-0.15, -0.1) is 0 Å². The lowest BCUT2D eigenvalue weighted by Crippen LogP contribution is -2.37. The Balaban J connectivity index is 2.87. The van der Waals surface area contributed by atoms with Gasteiger partial charge in [0.25, 0.3) is 0 Å². The van der Waals surface area contributed by atoms with E-state index >= 15 is 0 Å². The summed E-state index contributed by atoms with van der Waals surface area (Å²) in [5.41, 5.74) is -0.646. The fourth-order valence-corrected chi connectivity index (χ4v) is 2.15. The molecule has 0 spiro atoms. The van der Waals surface area contributed by atoms with E-state index in [0.29, 0.717) is 12.8 Å². The van der Waals surface area contributed by atoms with Gasteiger partial charge in [-0.2, -0.15) is 0 Å². The minimum Gasteiger partial charge on any atom is -0.462 e. The van der Waals surface area contributed by atoms with Crippen molar-refractivity contribution in [3.05, 3.63) is 0 Å². The molecule has 0 saturated carbocycles. The van der Waals surface area contributed by atoms with Crippen molar-refractivity contribution in [1.29, 1.82) is 0 Å². The highest BCUT2D eigenvalue weighted by molar-refractivity contribution is 5.78. The first-order valence-corrected chi connectivity index (χ1v) is 6.14. The predicted octanol–water partition coefficient (Wildman–Crippen LogP) is 2.31. The van der Waals surface area contributed by atoms with E-state index in [1.54, 1.807) is 20.8 Å². The highest BCUT2D eigenvalue weighted by Gasteiger charge is 2.36. The molecule has 1 aliphatic rings. The molecular formula is C13H22O4. The van der Waals surface area contributed by atoms with E-state index in [-0.39, 0.29) is 30.1 Å². The van der Waals surface area contributed by atoms with Crippen molar-refractivity contribution < 1.29 is 19.1 Å². The molecule has 1 heterocycles.